The van der Waals surface area contributed by atoms with Crippen molar-refractivity contribution < 1.29 is 23.9 Å². The van der Waals surface area contributed by atoms with Crippen LogP contribution in [0.5, 0.6) is 0 Å². The lowest BCUT2D eigenvalue weighted by Gasteiger charge is -2.14. The predicted octanol–water partition coefficient (Wildman–Crippen LogP) is 0.301. The number of methoxy groups -OCH3 is 1. The van der Waals surface area contributed by atoms with Gasteiger partial charge in [-0.25, -0.2) is 0 Å². The Morgan fingerprint density at radius 3 is 2.43 bits per heavy atom. The topological polar surface area (TPSA) is 116 Å². The Labute approximate surface area is 141 Å². The lowest BCUT2D eigenvalue weighted by molar-refractivity contribution is -0.141. The smallest absolute Gasteiger partial charge is 0.305 e. The summed E-state index contributed by atoms with van der Waals surface area (Å²) in [5.74, 6) is -1.01. The molecule has 8 heteroatoms. The molecule has 0 radical (unpaired) electrons. The van der Waals surface area contributed by atoms with Crippen LogP contribution in [0.4, 0.5) is 0 Å². The number of hydrogen-bond acceptors (Lipinski definition) is 7. The van der Waals surface area contributed by atoms with E-state index in [0.29, 0.717) is 6.42 Å². The van der Waals surface area contributed by atoms with Crippen molar-refractivity contribution in [3.05, 3.63) is 0 Å². The molecule has 0 spiro atoms. The van der Waals surface area contributed by atoms with Gasteiger partial charge in [0.2, 0.25) is 5.91 Å². The van der Waals surface area contributed by atoms with Crippen LogP contribution in [0.25, 0.3) is 0 Å². The van der Waals surface area contributed by atoms with Crippen LogP contribution >= 0.6 is 11.8 Å². The molecule has 7 nitrogen and oxygen atoms in total. The molecule has 1 amide bonds. The van der Waals surface area contributed by atoms with Crippen molar-refractivity contribution in [2.75, 3.05) is 25.7 Å². The second-order valence-corrected chi connectivity index (χ2v) is 6.28. The molecule has 0 heterocycles. The third-order valence-electron chi connectivity index (χ3n) is 3.30. The van der Waals surface area contributed by atoms with Crippen LogP contribution in [-0.2, 0) is 23.9 Å². The molecule has 0 aliphatic carbocycles. The van der Waals surface area contributed by atoms with Crippen LogP contribution in [0.15, 0.2) is 0 Å². The summed E-state index contributed by atoms with van der Waals surface area (Å²) in [7, 11) is 1.25. The molecule has 0 saturated heterocycles. The van der Waals surface area contributed by atoms with Crippen LogP contribution in [-0.4, -0.2) is 55.1 Å². The van der Waals surface area contributed by atoms with Crippen molar-refractivity contribution in [2.45, 2.75) is 38.6 Å². The van der Waals surface area contributed by atoms with Gasteiger partial charge in [0.25, 0.3) is 0 Å². The summed E-state index contributed by atoms with van der Waals surface area (Å²) in [6.07, 6.45) is 2.58. The minimum absolute atomic E-state index is 0.0104. The third kappa shape index (κ3) is 10.1. The van der Waals surface area contributed by atoms with E-state index in [-0.39, 0.29) is 43.3 Å². The first-order valence-corrected chi connectivity index (χ1v) is 8.84. The fraction of sp³-hybridized carbons (Fsp3) is 0.733. The Bertz CT molecular complexity index is 428. The van der Waals surface area contributed by atoms with E-state index in [4.69, 9.17) is 5.73 Å². The van der Waals surface area contributed by atoms with Gasteiger partial charge < -0.3 is 15.8 Å². The maximum absolute atomic E-state index is 11.9. The summed E-state index contributed by atoms with van der Waals surface area (Å²) in [6.45, 7) is 1.46. The van der Waals surface area contributed by atoms with E-state index in [1.54, 1.807) is 18.7 Å². The number of nitrogens with two attached hydrogens (primary N) is 1. The van der Waals surface area contributed by atoms with Crippen LogP contribution in [0.1, 0.15) is 32.6 Å². The second kappa shape index (κ2) is 12.1. The van der Waals surface area contributed by atoms with E-state index in [2.05, 4.69) is 10.1 Å². The predicted molar refractivity (Wildman–Crippen MR) is 89.0 cm³/mol. The highest BCUT2D eigenvalue weighted by molar-refractivity contribution is 7.98. The molecule has 0 aromatic heterocycles. The Balaban J connectivity index is 4.08. The molecule has 2 atom stereocenters. The fourth-order valence-electron chi connectivity index (χ4n) is 1.74. The minimum atomic E-state index is -0.556. The summed E-state index contributed by atoms with van der Waals surface area (Å²) >= 11 is 1.61. The SMILES string of the molecule is COC(=O)CCC(=O)CNC(=O)[C@H](C)CC(=O)[C@@H](N)CCSC. The second-order valence-electron chi connectivity index (χ2n) is 5.29. The highest BCUT2D eigenvalue weighted by atomic mass is 32.2. The summed E-state index contributed by atoms with van der Waals surface area (Å²) in [6, 6.07) is -0.556. The van der Waals surface area contributed by atoms with Gasteiger partial charge in [-0.2, -0.15) is 11.8 Å². The van der Waals surface area contributed by atoms with Gasteiger partial charge in [-0.15, -0.1) is 0 Å². The number of rotatable bonds is 12. The number of ketones is 2. The van der Waals surface area contributed by atoms with E-state index in [0.717, 1.165) is 5.75 Å². The monoisotopic (exact) mass is 346 g/mol. The number of nitrogens with one attached hydrogen (secondary N) is 1. The molecule has 0 aliphatic rings. The van der Waals surface area contributed by atoms with Gasteiger partial charge in [-0.05, 0) is 18.4 Å². The molecule has 0 aliphatic heterocycles. The molecule has 0 rings (SSSR count). The molecule has 0 unspecified atom stereocenters. The number of carbonyl (C=O) groups is 4. The van der Waals surface area contributed by atoms with Gasteiger partial charge >= 0.3 is 5.97 Å². The third-order valence-corrected chi connectivity index (χ3v) is 3.94. The summed E-state index contributed by atoms with van der Waals surface area (Å²) in [5, 5.41) is 2.47. The van der Waals surface area contributed by atoms with Crippen molar-refractivity contribution in [3.8, 4) is 0 Å². The standard InChI is InChI=1S/C15H26N2O5S/c1-10(8-13(19)12(16)6-7-23-3)15(21)17-9-11(18)4-5-14(20)22-2/h10,12H,4-9,16H2,1-3H3,(H,17,21)/t10-,12+/m1/s1. The Kier molecular flexibility index (Phi) is 11.3. The average molecular weight is 346 g/mol. The number of esters is 1. The van der Waals surface area contributed by atoms with E-state index in [1.165, 1.54) is 7.11 Å². The van der Waals surface area contributed by atoms with Crippen LogP contribution in [0.3, 0.4) is 0 Å². The van der Waals surface area contributed by atoms with Gasteiger partial charge in [-0.3, -0.25) is 19.2 Å². The zero-order valence-corrected chi connectivity index (χ0v) is 14.7. The molecule has 23 heavy (non-hydrogen) atoms. The number of carbonyl (C=O) groups excluding carboxylic acids is 4. The maximum Gasteiger partial charge on any atom is 0.305 e. The summed E-state index contributed by atoms with van der Waals surface area (Å²) < 4.78 is 4.43. The molecule has 3 N–H and O–H groups in total. The quantitative estimate of drug-likeness (QED) is 0.488. The molecule has 0 aromatic rings. The van der Waals surface area contributed by atoms with E-state index in [9.17, 15) is 19.2 Å². The fourth-order valence-corrected chi connectivity index (χ4v) is 2.23. The molecule has 0 aromatic carbocycles. The Hall–Kier alpha value is -1.41. The van der Waals surface area contributed by atoms with Gasteiger partial charge in [-0.1, -0.05) is 6.92 Å². The van der Waals surface area contributed by atoms with Crippen LogP contribution in [0.2, 0.25) is 0 Å². The van der Waals surface area contributed by atoms with Crippen molar-refractivity contribution in [1.29, 1.82) is 0 Å². The lowest BCUT2D eigenvalue weighted by atomic mass is 9.98. The summed E-state index contributed by atoms with van der Waals surface area (Å²) in [5.41, 5.74) is 5.76. The zero-order chi connectivity index (χ0) is 17.8. The van der Waals surface area contributed by atoms with E-state index in [1.807, 2.05) is 6.26 Å². The van der Waals surface area contributed by atoms with Crippen molar-refractivity contribution in [3.63, 3.8) is 0 Å². The van der Waals surface area contributed by atoms with Crippen molar-refractivity contribution in [2.24, 2.45) is 11.7 Å². The number of thioether (sulfide) groups is 1. The van der Waals surface area contributed by atoms with Gasteiger partial charge in [0, 0.05) is 18.8 Å². The maximum atomic E-state index is 11.9. The zero-order valence-electron chi connectivity index (χ0n) is 13.9. The first-order chi connectivity index (χ1) is 10.8. The van der Waals surface area contributed by atoms with Gasteiger partial charge in [0.05, 0.1) is 26.1 Å². The highest BCUT2D eigenvalue weighted by Crippen LogP contribution is 2.08. The first-order valence-electron chi connectivity index (χ1n) is 7.45. The minimum Gasteiger partial charge on any atom is -0.469 e. The number of Topliss-reactive ketones (excluding diaryl/α,β-unsaturated/α-hetero) is 2. The average Bonchev–Trinajstić information content (AvgIpc) is 2.54. The number of ether oxygens (including phenoxy) is 1. The highest BCUT2D eigenvalue weighted by Gasteiger charge is 2.21. The largest absolute Gasteiger partial charge is 0.469 e. The Morgan fingerprint density at radius 2 is 1.87 bits per heavy atom. The number of hydrogen-bond donors (Lipinski definition) is 2. The first kappa shape index (κ1) is 21.6. The number of amides is 1. The van der Waals surface area contributed by atoms with E-state index < -0.39 is 17.9 Å². The van der Waals surface area contributed by atoms with Crippen molar-refractivity contribution in [1.82, 2.24) is 5.32 Å². The molecule has 0 fully saturated rings. The molecule has 0 bridgehead atoms. The van der Waals surface area contributed by atoms with Crippen LogP contribution < -0.4 is 11.1 Å². The molecular weight excluding hydrogens is 320 g/mol. The van der Waals surface area contributed by atoms with Crippen LogP contribution in [0, 0.1) is 5.92 Å². The molecule has 132 valence electrons. The van der Waals surface area contributed by atoms with Gasteiger partial charge in [0.1, 0.15) is 5.78 Å². The normalized spacial score (nSPS) is 13.0. The lowest BCUT2D eigenvalue weighted by Crippen LogP contribution is -2.38. The van der Waals surface area contributed by atoms with Crippen molar-refractivity contribution >= 4 is 35.2 Å². The molecule has 0 saturated carbocycles. The Morgan fingerprint density at radius 1 is 1.22 bits per heavy atom. The summed E-state index contributed by atoms with van der Waals surface area (Å²) in [4.78, 5) is 46.2. The van der Waals surface area contributed by atoms with E-state index >= 15 is 0 Å². The van der Waals surface area contributed by atoms with Gasteiger partial charge in [0.15, 0.2) is 5.78 Å². The molecular formula is C15H26N2O5S.